The molecule has 1 aromatic heterocycles. The number of fused-ring (bicyclic) bond motifs is 2. The molecule has 2 bridgehead atoms. The van der Waals surface area contributed by atoms with Gasteiger partial charge in [-0.3, -0.25) is 0 Å². The van der Waals surface area contributed by atoms with Crippen LogP contribution in [-0.4, -0.2) is 35.0 Å². The van der Waals surface area contributed by atoms with Gasteiger partial charge in [0.15, 0.2) is 0 Å². The van der Waals surface area contributed by atoms with Gasteiger partial charge in [-0.1, -0.05) is 0 Å². The maximum absolute atomic E-state index is 4.44. The summed E-state index contributed by atoms with van der Waals surface area (Å²) in [5, 5.41) is 3.53. The Labute approximate surface area is 90.9 Å². The van der Waals surface area contributed by atoms with Gasteiger partial charge in [-0.2, -0.15) is 0 Å². The summed E-state index contributed by atoms with van der Waals surface area (Å²) in [6.45, 7) is 5.31. The van der Waals surface area contributed by atoms with E-state index in [9.17, 15) is 0 Å². The highest BCUT2D eigenvalue weighted by atomic mass is 31.1. The second kappa shape index (κ2) is 3.39. The van der Waals surface area contributed by atoms with Crippen LogP contribution in [0, 0.1) is 13.8 Å². The molecule has 80 valence electrons. The van der Waals surface area contributed by atoms with Crippen LogP contribution in [0.3, 0.4) is 0 Å². The third kappa shape index (κ3) is 1.44. The third-order valence-electron chi connectivity index (χ3n) is 3.28. The molecule has 2 unspecified atom stereocenters. The minimum Gasteiger partial charge on any atom is -0.332 e. The maximum atomic E-state index is 4.44. The van der Waals surface area contributed by atoms with Crippen LogP contribution in [-0.2, 0) is 0 Å². The summed E-state index contributed by atoms with van der Waals surface area (Å²) in [5.74, 6) is 1.16. The largest absolute Gasteiger partial charge is 0.332 e. The van der Waals surface area contributed by atoms with Gasteiger partial charge in [-0.15, -0.1) is 0 Å². The second-order valence-electron chi connectivity index (χ2n) is 4.24. The number of hydrogen-bond acceptors (Lipinski definition) is 4. The topological polar surface area (TPSA) is 41.1 Å². The standard InChI is InChI=1S/C10H15N4P/c1-7-8(2)11-5-12-10(7)14-3-9-4-15(14)6-13-9/h5,9,13H,3-4,6H2,1-2H3. The van der Waals surface area contributed by atoms with Crippen molar-refractivity contribution in [1.29, 1.82) is 0 Å². The Kier molecular flexibility index (Phi) is 2.15. The predicted molar refractivity (Wildman–Crippen MR) is 62.4 cm³/mol. The molecule has 0 saturated carbocycles. The normalized spacial score (nSPS) is 28.8. The SMILES string of the molecule is Cc1ncnc(N2CC3CP2CN3)c1C. The van der Waals surface area contributed by atoms with E-state index in [1.165, 1.54) is 18.0 Å². The molecule has 5 heteroatoms. The van der Waals surface area contributed by atoms with Crippen molar-refractivity contribution >= 4 is 13.9 Å². The molecular weight excluding hydrogens is 207 g/mol. The lowest BCUT2D eigenvalue weighted by atomic mass is 10.2. The summed E-state index contributed by atoms with van der Waals surface area (Å²) in [7, 11) is -0.00519. The molecule has 4 nitrogen and oxygen atoms in total. The summed E-state index contributed by atoms with van der Waals surface area (Å²) in [5.41, 5.74) is 2.35. The molecule has 2 aliphatic rings. The van der Waals surface area contributed by atoms with Crippen LogP contribution in [0.15, 0.2) is 6.33 Å². The summed E-state index contributed by atoms with van der Waals surface area (Å²) in [4.78, 5) is 8.67. The minimum absolute atomic E-state index is 0.00519. The van der Waals surface area contributed by atoms with Gasteiger partial charge in [-0.25, -0.2) is 9.97 Å². The summed E-state index contributed by atoms with van der Waals surface area (Å²) < 4.78 is 2.50. The van der Waals surface area contributed by atoms with Crippen LogP contribution in [0.5, 0.6) is 0 Å². The Morgan fingerprint density at radius 2 is 2.33 bits per heavy atom. The van der Waals surface area contributed by atoms with E-state index in [0.29, 0.717) is 6.04 Å². The average Bonchev–Trinajstić information content (AvgIpc) is 2.83. The highest BCUT2D eigenvalue weighted by Crippen LogP contribution is 2.51. The van der Waals surface area contributed by atoms with Crippen molar-refractivity contribution in [1.82, 2.24) is 15.3 Å². The molecule has 3 heterocycles. The maximum Gasteiger partial charge on any atom is 0.138 e. The molecule has 0 aliphatic carbocycles. The fourth-order valence-electron chi connectivity index (χ4n) is 2.25. The second-order valence-corrected chi connectivity index (χ2v) is 6.42. The zero-order valence-corrected chi connectivity index (χ0v) is 9.96. The van der Waals surface area contributed by atoms with Gasteiger partial charge in [0.25, 0.3) is 0 Å². The van der Waals surface area contributed by atoms with Gasteiger partial charge < -0.3 is 9.99 Å². The molecule has 15 heavy (non-hydrogen) atoms. The Morgan fingerprint density at radius 3 is 3.00 bits per heavy atom. The van der Waals surface area contributed by atoms with Gasteiger partial charge in [0, 0.05) is 44.4 Å². The molecule has 2 saturated heterocycles. The van der Waals surface area contributed by atoms with Crippen LogP contribution in [0.1, 0.15) is 11.3 Å². The van der Waals surface area contributed by atoms with Crippen LogP contribution in [0.4, 0.5) is 5.82 Å². The smallest absolute Gasteiger partial charge is 0.138 e. The molecule has 0 spiro atoms. The highest BCUT2D eigenvalue weighted by Gasteiger charge is 2.38. The predicted octanol–water partition coefficient (Wildman–Crippen LogP) is 1.24. The average molecular weight is 222 g/mol. The Bertz CT molecular complexity index is 395. The number of nitrogens with zero attached hydrogens (tertiary/aromatic N) is 3. The van der Waals surface area contributed by atoms with Crippen LogP contribution in [0.2, 0.25) is 0 Å². The van der Waals surface area contributed by atoms with Gasteiger partial charge in [0.05, 0.1) is 0 Å². The van der Waals surface area contributed by atoms with Crippen molar-refractivity contribution in [3.63, 3.8) is 0 Å². The molecule has 0 amide bonds. The van der Waals surface area contributed by atoms with Crippen molar-refractivity contribution in [2.24, 2.45) is 0 Å². The molecule has 2 aliphatic heterocycles. The van der Waals surface area contributed by atoms with Crippen molar-refractivity contribution in [2.45, 2.75) is 19.9 Å². The quantitative estimate of drug-likeness (QED) is 0.726. The van der Waals surface area contributed by atoms with Crippen molar-refractivity contribution in [3.8, 4) is 0 Å². The van der Waals surface area contributed by atoms with E-state index in [4.69, 9.17) is 0 Å². The summed E-state index contributed by atoms with van der Waals surface area (Å²) >= 11 is 0. The number of hydrogen-bond donors (Lipinski definition) is 1. The Balaban J connectivity index is 1.96. The molecule has 1 N–H and O–H groups in total. The molecule has 3 rings (SSSR count). The molecule has 0 aromatic carbocycles. The zero-order chi connectivity index (χ0) is 10.4. The fraction of sp³-hybridized carbons (Fsp3) is 0.600. The van der Waals surface area contributed by atoms with Crippen LogP contribution in [0.25, 0.3) is 0 Å². The van der Waals surface area contributed by atoms with E-state index in [1.54, 1.807) is 6.33 Å². The van der Waals surface area contributed by atoms with E-state index < -0.39 is 0 Å². The highest BCUT2D eigenvalue weighted by molar-refractivity contribution is 7.60. The van der Waals surface area contributed by atoms with E-state index >= 15 is 0 Å². The molecule has 0 radical (unpaired) electrons. The molecule has 2 fully saturated rings. The van der Waals surface area contributed by atoms with Gasteiger partial charge in [0.2, 0.25) is 0 Å². The van der Waals surface area contributed by atoms with Gasteiger partial charge >= 0.3 is 0 Å². The van der Waals surface area contributed by atoms with E-state index in [0.717, 1.165) is 18.1 Å². The van der Waals surface area contributed by atoms with Crippen molar-refractivity contribution < 1.29 is 0 Å². The zero-order valence-electron chi connectivity index (χ0n) is 9.06. The first-order valence-electron chi connectivity index (χ1n) is 5.29. The van der Waals surface area contributed by atoms with Crippen LogP contribution < -0.4 is 9.99 Å². The first-order valence-corrected chi connectivity index (χ1v) is 6.96. The lowest BCUT2D eigenvalue weighted by Crippen LogP contribution is -2.36. The van der Waals surface area contributed by atoms with E-state index in [2.05, 4.69) is 33.8 Å². The van der Waals surface area contributed by atoms with Gasteiger partial charge in [-0.05, 0) is 13.8 Å². The molecule has 1 aromatic rings. The minimum atomic E-state index is -0.00519. The Hall–Kier alpha value is -0.730. The number of rotatable bonds is 1. The van der Waals surface area contributed by atoms with Crippen LogP contribution >= 0.6 is 8.07 Å². The first-order chi connectivity index (χ1) is 7.25. The third-order valence-corrected chi connectivity index (χ3v) is 5.73. The van der Waals surface area contributed by atoms with Crippen molar-refractivity contribution in [3.05, 3.63) is 17.6 Å². The lowest BCUT2D eigenvalue weighted by molar-refractivity contribution is 0.642. The summed E-state index contributed by atoms with van der Waals surface area (Å²) in [6.07, 6.45) is 4.19. The number of nitrogens with one attached hydrogen (secondary N) is 1. The fourth-order valence-corrected chi connectivity index (χ4v) is 4.87. The molecule has 2 atom stereocenters. The number of aryl methyl sites for hydroxylation is 1. The van der Waals surface area contributed by atoms with E-state index in [1.807, 2.05) is 0 Å². The summed E-state index contributed by atoms with van der Waals surface area (Å²) in [6, 6.07) is 0.700. The number of anilines is 1. The van der Waals surface area contributed by atoms with E-state index in [-0.39, 0.29) is 8.07 Å². The molecular formula is C10H15N4P. The first kappa shape index (κ1) is 9.49. The van der Waals surface area contributed by atoms with Gasteiger partial charge in [0.1, 0.15) is 12.1 Å². The number of aromatic nitrogens is 2. The monoisotopic (exact) mass is 222 g/mol. The Morgan fingerprint density at radius 1 is 1.47 bits per heavy atom. The van der Waals surface area contributed by atoms with Crippen molar-refractivity contribution in [2.75, 3.05) is 23.7 Å². The lowest BCUT2D eigenvalue weighted by Gasteiger charge is -2.29.